The zero-order chi connectivity index (χ0) is 27.9. The number of hydrogen-bond acceptors (Lipinski definition) is 4. The summed E-state index contributed by atoms with van der Waals surface area (Å²) in [4.78, 5) is 27.1. The number of piperidine rings is 1. The third-order valence-corrected chi connectivity index (χ3v) is 6.35. The molecule has 2 aromatic rings. The molecular weight excluding hydrogens is 485 g/mol. The van der Waals surface area contributed by atoms with Crippen molar-refractivity contribution in [2.24, 2.45) is 5.92 Å². The Hall–Kier alpha value is -3.13. The molecule has 2 aromatic carbocycles. The maximum absolute atomic E-state index is 13.3. The Morgan fingerprint density at radius 3 is 2.21 bits per heavy atom. The van der Waals surface area contributed by atoms with Crippen molar-refractivity contribution in [2.45, 2.75) is 72.0 Å². The number of ether oxygens (including phenoxy) is 1. The highest BCUT2D eigenvalue weighted by Gasteiger charge is 2.27. The molecule has 1 heterocycles. The maximum atomic E-state index is 13.3. The van der Waals surface area contributed by atoms with Gasteiger partial charge < -0.3 is 25.0 Å². The van der Waals surface area contributed by atoms with E-state index < -0.39 is 5.97 Å². The van der Waals surface area contributed by atoms with Crippen LogP contribution in [0.4, 0.5) is 9.18 Å². The summed E-state index contributed by atoms with van der Waals surface area (Å²) in [5.74, 6) is 0.361. The number of carboxylic acids is 1. The number of nitrogens with one attached hydrogen (secondary N) is 1. The van der Waals surface area contributed by atoms with Gasteiger partial charge in [-0.2, -0.15) is 0 Å². The number of hydrogen-bond donors (Lipinski definition) is 2. The summed E-state index contributed by atoms with van der Waals surface area (Å²) >= 11 is 0. The predicted molar refractivity (Wildman–Crippen MR) is 149 cm³/mol. The Morgan fingerprint density at radius 2 is 1.68 bits per heavy atom. The van der Waals surface area contributed by atoms with Gasteiger partial charge in [-0.25, -0.2) is 9.18 Å². The van der Waals surface area contributed by atoms with Gasteiger partial charge >= 0.3 is 12.0 Å². The Kier molecular flexibility index (Phi) is 13.6. The molecule has 7 nitrogen and oxygen atoms in total. The number of rotatable bonds is 11. The van der Waals surface area contributed by atoms with Crippen LogP contribution in [-0.2, 0) is 17.9 Å². The maximum Gasteiger partial charge on any atom is 0.318 e. The van der Waals surface area contributed by atoms with E-state index in [-0.39, 0.29) is 17.9 Å². The van der Waals surface area contributed by atoms with E-state index >= 15 is 0 Å². The average molecular weight is 530 g/mol. The molecule has 0 unspecified atom stereocenters. The molecule has 0 spiro atoms. The third-order valence-electron chi connectivity index (χ3n) is 6.35. The fourth-order valence-electron chi connectivity index (χ4n) is 4.03. The van der Waals surface area contributed by atoms with Crippen molar-refractivity contribution in [3.8, 4) is 5.75 Å². The minimum absolute atomic E-state index is 0.0842. The summed E-state index contributed by atoms with van der Waals surface area (Å²) in [6.07, 6.45) is 3.96. The number of aliphatic carboxylic acids is 1. The standard InChI is InChI=1S/C25H34FN3O2.C5H10O2/c1-19(2)18-31-24-10-6-20(7-11-24)16-27-25(30)29(23-12-14-28(3)15-13-23)17-21-4-8-22(26)9-5-21;1-2-3-4-5(6)7/h4-11,19,23H,12-18H2,1-3H3,(H,27,30);2-4H2,1H3,(H,6,7). The lowest BCUT2D eigenvalue weighted by Gasteiger charge is -2.37. The average Bonchev–Trinajstić information content (AvgIpc) is 2.90. The van der Waals surface area contributed by atoms with E-state index in [1.165, 1.54) is 12.1 Å². The molecular formula is C30H44FN3O4. The highest BCUT2D eigenvalue weighted by molar-refractivity contribution is 5.74. The predicted octanol–water partition coefficient (Wildman–Crippen LogP) is 5.93. The number of benzene rings is 2. The monoisotopic (exact) mass is 529 g/mol. The molecule has 0 aromatic heterocycles. The zero-order valence-corrected chi connectivity index (χ0v) is 23.3. The topological polar surface area (TPSA) is 82.1 Å². The normalized spacial score (nSPS) is 13.9. The summed E-state index contributed by atoms with van der Waals surface area (Å²) in [6, 6.07) is 14.3. The van der Waals surface area contributed by atoms with Crippen LogP contribution >= 0.6 is 0 Å². The molecule has 0 bridgehead atoms. The summed E-state index contributed by atoms with van der Waals surface area (Å²) in [5.41, 5.74) is 1.96. The lowest BCUT2D eigenvalue weighted by molar-refractivity contribution is -0.137. The number of urea groups is 1. The van der Waals surface area contributed by atoms with Gasteiger partial charge in [0.1, 0.15) is 11.6 Å². The van der Waals surface area contributed by atoms with Crippen LogP contribution in [0, 0.1) is 11.7 Å². The minimum atomic E-state index is -0.693. The van der Waals surface area contributed by atoms with E-state index in [1.807, 2.05) is 36.1 Å². The number of unbranched alkanes of at least 4 members (excludes halogenated alkanes) is 1. The van der Waals surface area contributed by atoms with Crippen molar-refractivity contribution < 1.29 is 23.8 Å². The van der Waals surface area contributed by atoms with Crippen molar-refractivity contribution in [1.29, 1.82) is 0 Å². The first-order valence-electron chi connectivity index (χ1n) is 13.6. The lowest BCUT2D eigenvalue weighted by atomic mass is 10.0. The van der Waals surface area contributed by atoms with Crippen LogP contribution in [0.1, 0.15) is 64.0 Å². The molecule has 0 saturated carbocycles. The molecule has 38 heavy (non-hydrogen) atoms. The second-order valence-corrected chi connectivity index (χ2v) is 10.3. The number of carbonyl (C=O) groups is 2. The molecule has 2 N–H and O–H groups in total. The number of amides is 2. The largest absolute Gasteiger partial charge is 0.493 e. The molecule has 1 fully saturated rings. The van der Waals surface area contributed by atoms with E-state index in [0.29, 0.717) is 32.0 Å². The van der Waals surface area contributed by atoms with Gasteiger partial charge in [0, 0.05) is 25.6 Å². The van der Waals surface area contributed by atoms with Gasteiger partial charge in [0.2, 0.25) is 0 Å². The lowest BCUT2D eigenvalue weighted by Crippen LogP contribution is -2.49. The van der Waals surface area contributed by atoms with Crippen LogP contribution < -0.4 is 10.1 Å². The van der Waals surface area contributed by atoms with Gasteiger partial charge in [0.15, 0.2) is 0 Å². The summed E-state index contributed by atoms with van der Waals surface area (Å²) in [5, 5.41) is 11.1. The molecule has 1 saturated heterocycles. The Morgan fingerprint density at radius 1 is 1.08 bits per heavy atom. The molecule has 8 heteroatoms. The summed E-state index contributed by atoms with van der Waals surface area (Å²) in [6.45, 7) is 9.76. The fraction of sp³-hybridized carbons (Fsp3) is 0.533. The van der Waals surface area contributed by atoms with Crippen molar-refractivity contribution in [2.75, 3.05) is 26.7 Å². The zero-order valence-electron chi connectivity index (χ0n) is 23.3. The molecule has 1 aliphatic rings. The summed E-state index contributed by atoms with van der Waals surface area (Å²) < 4.78 is 19.0. The Balaban J connectivity index is 0.000000638. The van der Waals surface area contributed by atoms with E-state index in [9.17, 15) is 14.0 Å². The van der Waals surface area contributed by atoms with E-state index in [2.05, 4.69) is 31.1 Å². The molecule has 3 rings (SSSR count). The van der Waals surface area contributed by atoms with Gasteiger partial charge in [0.05, 0.1) is 6.61 Å². The number of likely N-dealkylation sites (tertiary alicyclic amines) is 1. The van der Waals surface area contributed by atoms with E-state index in [1.54, 1.807) is 12.1 Å². The molecule has 0 atom stereocenters. The van der Waals surface area contributed by atoms with E-state index in [0.717, 1.165) is 55.6 Å². The van der Waals surface area contributed by atoms with Crippen molar-refractivity contribution in [3.05, 3.63) is 65.5 Å². The Labute approximate surface area is 227 Å². The summed E-state index contributed by atoms with van der Waals surface area (Å²) in [7, 11) is 2.11. The van der Waals surface area contributed by atoms with Gasteiger partial charge in [-0.3, -0.25) is 4.79 Å². The van der Waals surface area contributed by atoms with Gasteiger partial charge in [-0.15, -0.1) is 0 Å². The van der Waals surface area contributed by atoms with Crippen LogP contribution in [0.5, 0.6) is 5.75 Å². The second-order valence-electron chi connectivity index (χ2n) is 10.3. The highest BCUT2D eigenvalue weighted by atomic mass is 19.1. The van der Waals surface area contributed by atoms with Crippen LogP contribution in [0.3, 0.4) is 0 Å². The third kappa shape index (κ3) is 11.9. The molecule has 2 amide bonds. The van der Waals surface area contributed by atoms with Crippen molar-refractivity contribution in [1.82, 2.24) is 15.1 Å². The van der Waals surface area contributed by atoms with Crippen LogP contribution in [-0.4, -0.2) is 59.7 Å². The Bertz CT molecular complexity index is 958. The SMILES string of the molecule is CC(C)COc1ccc(CNC(=O)N(Cc2ccc(F)cc2)C2CCN(C)CC2)cc1.CCCCC(=O)O. The molecule has 1 aliphatic heterocycles. The van der Waals surface area contributed by atoms with Crippen LogP contribution in [0.25, 0.3) is 0 Å². The van der Waals surface area contributed by atoms with Gasteiger partial charge in [-0.1, -0.05) is 51.5 Å². The number of carbonyl (C=O) groups excluding carboxylic acids is 1. The van der Waals surface area contributed by atoms with E-state index in [4.69, 9.17) is 9.84 Å². The first kappa shape index (κ1) is 31.1. The van der Waals surface area contributed by atoms with Crippen molar-refractivity contribution >= 4 is 12.0 Å². The number of nitrogens with zero attached hydrogens (tertiary/aromatic N) is 2. The minimum Gasteiger partial charge on any atom is -0.493 e. The number of carboxylic acid groups (broad SMARTS) is 1. The van der Waals surface area contributed by atoms with Gasteiger partial charge in [-0.05, 0) is 80.7 Å². The number of halogens is 1. The van der Waals surface area contributed by atoms with Gasteiger partial charge in [0.25, 0.3) is 0 Å². The van der Waals surface area contributed by atoms with Crippen LogP contribution in [0.15, 0.2) is 48.5 Å². The van der Waals surface area contributed by atoms with Crippen molar-refractivity contribution in [3.63, 3.8) is 0 Å². The quantitative estimate of drug-likeness (QED) is 0.377. The molecule has 0 aliphatic carbocycles. The van der Waals surface area contributed by atoms with Crippen LogP contribution in [0.2, 0.25) is 0 Å². The second kappa shape index (κ2) is 16.7. The molecule has 210 valence electrons. The smallest absolute Gasteiger partial charge is 0.318 e. The first-order chi connectivity index (χ1) is 18.2. The molecule has 0 radical (unpaired) electrons. The highest BCUT2D eigenvalue weighted by Crippen LogP contribution is 2.19. The fourth-order valence-corrected chi connectivity index (χ4v) is 4.03. The first-order valence-corrected chi connectivity index (χ1v) is 13.6.